The second-order valence-corrected chi connectivity index (χ2v) is 25.2. The molecule has 12 heterocycles. The normalized spacial score (nSPS) is 12.5. The highest BCUT2D eigenvalue weighted by atomic mass is 35.5. The molecular formula is C69H75Cl2F3N26OS. The minimum atomic E-state index is -1.19. The zero-order valence-electron chi connectivity index (χ0n) is 55.2. The smallest absolute Gasteiger partial charge is 0.165 e. The van der Waals surface area contributed by atoms with Crippen LogP contribution in [0.2, 0.25) is 10.3 Å². The number of pyridine rings is 2. The zero-order chi connectivity index (χ0) is 71.9. The van der Waals surface area contributed by atoms with Gasteiger partial charge < -0.3 is 49.6 Å². The molecule has 528 valence electrons. The molecule has 1 aliphatic heterocycles. The Bertz CT molecular complexity index is 4800. The lowest BCUT2D eigenvalue weighted by Gasteiger charge is -2.28. The van der Waals surface area contributed by atoms with E-state index in [1.807, 2.05) is 67.7 Å². The van der Waals surface area contributed by atoms with Crippen molar-refractivity contribution >= 4 is 81.0 Å². The van der Waals surface area contributed by atoms with Crippen LogP contribution in [-0.2, 0) is 12.8 Å². The molecule has 1 aliphatic carbocycles. The number of aryl methyl sites for hydroxylation is 1. The quantitative estimate of drug-likeness (QED) is 0.0422. The average molecular weight is 1440 g/mol. The van der Waals surface area contributed by atoms with Gasteiger partial charge in [0.15, 0.2) is 11.6 Å². The fourth-order valence-corrected chi connectivity index (χ4v) is 12.0. The van der Waals surface area contributed by atoms with Crippen molar-refractivity contribution in [3.05, 3.63) is 219 Å². The molecule has 2 fully saturated rings. The third kappa shape index (κ3) is 21.5. The number of benzene rings is 3. The lowest BCUT2D eigenvalue weighted by Crippen LogP contribution is -2.29. The molecule has 0 spiro atoms. The Morgan fingerprint density at radius 2 is 1.00 bits per heavy atom. The number of thiazole rings is 1. The maximum atomic E-state index is 13.3. The lowest BCUT2D eigenvalue weighted by atomic mass is 9.90. The van der Waals surface area contributed by atoms with Crippen LogP contribution < -0.4 is 45.0 Å². The van der Waals surface area contributed by atoms with E-state index in [4.69, 9.17) is 67.9 Å². The first-order valence-corrected chi connectivity index (χ1v) is 33.7. The highest BCUT2D eigenvalue weighted by Crippen LogP contribution is 2.37. The van der Waals surface area contributed by atoms with Crippen LogP contribution in [0.1, 0.15) is 90.6 Å². The van der Waals surface area contributed by atoms with Gasteiger partial charge in [-0.05, 0) is 98.7 Å². The van der Waals surface area contributed by atoms with E-state index in [0.29, 0.717) is 56.8 Å². The van der Waals surface area contributed by atoms with Crippen molar-refractivity contribution in [2.45, 2.75) is 77.0 Å². The number of nitrogen functional groups attached to an aromatic ring is 7. The van der Waals surface area contributed by atoms with E-state index in [9.17, 15) is 13.2 Å². The topological polar surface area (TPSA) is 451 Å². The summed E-state index contributed by atoms with van der Waals surface area (Å²) in [7, 11) is 0. The molecule has 14 aromatic rings. The number of hydrogen-bond donors (Lipinski definition) is 14. The largest absolute Gasteiger partial charge is 0.382 e. The van der Waals surface area contributed by atoms with Crippen molar-refractivity contribution in [3.63, 3.8) is 0 Å². The van der Waals surface area contributed by atoms with Gasteiger partial charge in [-0.3, -0.25) is 35.7 Å². The second kappa shape index (κ2) is 35.7. The Morgan fingerprint density at radius 3 is 1.53 bits per heavy atom. The minimum absolute atomic E-state index is 0.125. The molecule has 102 heavy (non-hydrogen) atoms. The Kier molecular flexibility index (Phi) is 25.5. The highest BCUT2D eigenvalue weighted by molar-refractivity contribution is 7.15. The number of nitrogens with two attached hydrogens (primary N) is 7. The van der Waals surface area contributed by atoms with E-state index in [2.05, 4.69) is 133 Å². The van der Waals surface area contributed by atoms with Crippen molar-refractivity contribution < 1.29 is 17.7 Å². The molecule has 11 aromatic heterocycles. The molecule has 0 amide bonds. The number of aromatic nitrogens is 18. The number of aromatic amines is 7. The minimum Gasteiger partial charge on any atom is -0.382 e. The lowest BCUT2D eigenvalue weighted by molar-refractivity contribution is 0.399. The Morgan fingerprint density at radius 1 is 0.480 bits per heavy atom. The van der Waals surface area contributed by atoms with Gasteiger partial charge in [0.25, 0.3) is 0 Å². The van der Waals surface area contributed by atoms with Crippen LogP contribution in [0.15, 0.2) is 163 Å². The molecule has 2 aliphatic rings. The average Bonchev–Trinajstić information content (AvgIpc) is 1.36. The summed E-state index contributed by atoms with van der Waals surface area (Å²) in [6.07, 6.45) is 16.6. The molecule has 1 saturated heterocycles. The summed E-state index contributed by atoms with van der Waals surface area (Å²) in [5.41, 5.74) is 50.1. The van der Waals surface area contributed by atoms with Crippen LogP contribution in [0.25, 0.3) is 55.7 Å². The van der Waals surface area contributed by atoms with E-state index in [1.54, 1.807) is 54.1 Å². The van der Waals surface area contributed by atoms with Crippen molar-refractivity contribution in [2.75, 3.05) is 58.1 Å². The SMILES string of the molecule is Cc1cc(-c2cc(N)n[nH]2)no1.Nc1cc(-c2ccc(Cl)nc2)[nH]n1.Nc1cc(-c2ccc(N3CCCCC3)cc2)[nH]n1.Nc1cc(-c2ccnc(Cl)c2)[nH]n1.Nc1cc(-c2cnc(C3CCCCC3)s2)[nH]n1.Nc1cc(Cc2c(F)ccc(F)c2F)[nH]n1.Nc1cc(Cc2ccccc2)[nH]n1. The number of hydrogen-bond acceptors (Lipinski definition) is 21. The van der Waals surface area contributed by atoms with Crippen molar-refractivity contribution in [3.8, 4) is 55.7 Å². The summed E-state index contributed by atoms with van der Waals surface area (Å²) < 4.78 is 44.3. The van der Waals surface area contributed by atoms with E-state index < -0.39 is 17.5 Å². The van der Waals surface area contributed by atoms with Gasteiger partial charge >= 0.3 is 0 Å². The molecule has 0 bridgehead atoms. The van der Waals surface area contributed by atoms with Crippen LogP contribution in [0.3, 0.4) is 0 Å². The van der Waals surface area contributed by atoms with Crippen LogP contribution in [0.5, 0.6) is 0 Å². The van der Waals surface area contributed by atoms with Crippen LogP contribution in [-0.4, -0.2) is 105 Å². The standard InChI is InChI=1S/C14H18N4.C12H16N4S.C10H8F3N3.C10H11N3.2C8H7ClN4.C7H8N4O/c15-14-10-13(16-17-14)11-4-6-12(7-5-11)18-8-2-1-3-9-18;13-11-6-9(15-16-11)10-7-14-12(17-10)8-4-2-1-3-5-8;11-7-1-2-8(12)10(13)6(7)3-5-4-9(14)16-15-5;11-10-7-9(12-13-10)6-8-4-2-1-3-5-8;9-7-2-1-5(4-11-7)6-3-8(10)13-12-6;9-7-3-5(1-2-11-7)6-4-8(10)13-12-6;1-4-2-6(11-12-4)5-3-7(8)10-9-5/h4-7,10H,1-3,8-9H2,(H3,15,16,17);6-8H,1-5H2,(H3,13,15,16);1-2,4H,3H2,(H3,14,15,16);1-5,7H,6H2,(H3,11,12,13);2*1-4H,(H3,10,12,13);2-3H,1H3,(H3,8,9,10). The van der Waals surface area contributed by atoms with Gasteiger partial charge in [0.2, 0.25) is 0 Å². The Hall–Kier alpha value is -12.0. The van der Waals surface area contributed by atoms with Crippen LogP contribution in [0, 0.1) is 24.4 Å². The van der Waals surface area contributed by atoms with E-state index in [-0.39, 0.29) is 17.8 Å². The summed E-state index contributed by atoms with van der Waals surface area (Å²) in [4.78, 5) is 16.0. The molecule has 0 atom stereocenters. The first-order chi connectivity index (χ1) is 49.3. The Balaban J connectivity index is 0.000000129. The van der Waals surface area contributed by atoms with E-state index in [1.165, 1.54) is 86.8 Å². The van der Waals surface area contributed by atoms with Crippen molar-refractivity contribution in [1.82, 2.24) is 91.5 Å². The summed E-state index contributed by atoms with van der Waals surface area (Å²) in [6.45, 7) is 4.18. The molecule has 1 saturated carbocycles. The molecular weight excluding hydrogens is 1370 g/mol. The molecule has 21 N–H and O–H groups in total. The van der Waals surface area contributed by atoms with Gasteiger partial charge in [-0.2, -0.15) is 35.7 Å². The third-order valence-electron chi connectivity index (χ3n) is 15.7. The number of halogens is 5. The fourth-order valence-electron chi connectivity index (χ4n) is 10.6. The first-order valence-electron chi connectivity index (χ1n) is 32.1. The summed E-state index contributed by atoms with van der Waals surface area (Å²) >= 11 is 13.1. The predicted octanol–water partition coefficient (Wildman–Crippen LogP) is 13.8. The van der Waals surface area contributed by atoms with Crippen molar-refractivity contribution in [1.29, 1.82) is 0 Å². The van der Waals surface area contributed by atoms with Gasteiger partial charge in [-0.15, -0.1) is 11.3 Å². The molecule has 0 unspecified atom stereocenters. The first kappa shape index (κ1) is 72.8. The summed E-state index contributed by atoms with van der Waals surface area (Å²) in [5, 5.41) is 52.3. The molecule has 33 heteroatoms. The van der Waals surface area contributed by atoms with Gasteiger partial charge in [0.05, 0.1) is 38.4 Å². The van der Waals surface area contributed by atoms with Crippen LogP contribution in [0.4, 0.5) is 59.6 Å². The van der Waals surface area contributed by atoms with Gasteiger partial charge in [-0.1, -0.05) is 90.1 Å². The van der Waals surface area contributed by atoms with Gasteiger partial charge in [0, 0.05) is 133 Å². The number of H-pyrrole nitrogens is 7. The maximum Gasteiger partial charge on any atom is 0.165 e. The number of piperidine rings is 1. The zero-order valence-corrected chi connectivity index (χ0v) is 57.5. The predicted molar refractivity (Wildman–Crippen MR) is 395 cm³/mol. The molecule has 0 radical (unpaired) electrons. The van der Waals surface area contributed by atoms with E-state index in [0.717, 1.165) is 85.7 Å². The monoisotopic (exact) mass is 1440 g/mol. The molecule has 3 aromatic carbocycles. The Labute approximate surface area is 597 Å². The van der Waals surface area contributed by atoms with Gasteiger partial charge in [0.1, 0.15) is 68.3 Å². The molecule has 16 rings (SSSR count). The second-order valence-electron chi connectivity index (χ2n) is 23.4. The maximum absolute atomic E-state index is 13.3. The van der Waals surface area contributed by atoms with Crippen LogP contribution >= 0.6 is 34.5 Å². The number of anilines is 8. The summed E-state index contributed by atoms with van der Waals surface area (Å²) in [6, 6.07) is 41.6. The third-order valence-corrected chi connectivity index (χ3v) is 17.3. The number of nitrogens with zero attached hydrogens (tertiary/aromatic N) is 12. The van der Waals surface area contributed by atoms with E-state index >= 15 is 0 Å². The fraction of sp³-hybridized carbons (Fsp3) is 0.203. The van der Waals surface area contributed by atoms with Crippen molar-refractivity contribution in [2.24, 2.45) is 0 Å². The molecule has 27 nitrogen and oxygen atoms in total. The summed E-state index contributed by atoms with van der Waals surface area (Å²) in [5.74, 6) is 1.57. The number of rotatable bonds is 11. The number of nitrogens with one attached hydrogen (secondary N) is 7. The van der Waals surface area contributed by atoms with Gasteiger partial charge in [-0.25, -0.2) is 28.1 Å². The highest BCUT2D eigenvalue weighted by Gasteiger charge is 2.20.